The minimum Gasteiger partial charge on any atom is -0.310 e. The van der Waals surface area contributed by atoms with Crippen LogP contribution in [0.5, 0.6) is 0 Å². The van der Waals surface area contributed by atoms with Crippen LogP contribution in [0.2, 0.25) is 0 Å². The van der Waals surface area contributed by atoms with Crippen LogP contribution in [0.25, 0.3) is 10.9 Å². The Morgan fingerprint density at radius 2 is 1.93 bits per heavy atom. The lowest BCUT2D eigenvalue weighted by Crippen LogP contribution is -2.37. The Hall–Kier alpha value is -2.98. The van der Waals surface area contributed by atoms with Crippen LogP contribution in [0.3, 0.4) is 0 Å². The summed E-state index contributed by atoms with van der Waals surface area (Å²) in [4.78, 5) is 31.6. The van der Waals surface area contributed by atoms with Crippen molar-refractivity contribution < 1.29 is 4.79 Å². The van der Waals surface area contributed by atoms with E-state index in [4.69, 9.17) is 5.26 Å². The summed E-state index contributed by atoms with van der Waals surface area (Å²) in [5.74, 6) is -0.265. The number of nitrogens with zero attached hydrogens (tertiary/aromatic N) is 4. The van der Waals surface area contributed by atoms with E-state index in [0.29, 0.717) is 10.9 Å². The Labute approximate surface area is 171 Å². The van der Waals surface area contributed by atoms with Crippen molar-refractivity contribution in [1.29, 1.82) is 5.26 Å². The second-order valence-electron chi connectivity index (χ2n) is 6.64. The molecule has 0 saturated heterocycles. The zero-order chi connectivity index (χ0) is 20.3. The van der Waals surface area contributed by atoms with Crippen molar-refractivity contribution in [3.63, 3.8) is 0 Å². The van der Waals surface area contributed by atoms with Crippen molar-refractivity contribution in [2.75, 3.05) is 11.4 Å². The summed E-state index contributed by atoms with van der Waals surface area (Å²) in [6, 6.07) is 13.2. The van der Waals surface area contributed by atoms with Gasteiger partial charge < -0.3 is 4.90 Å². The third-order valence-corrected chi connectivity index (χ3v) is 4.85. The highest BCUT2D eigenvalue weighted by atomic mass is 79.9. The number of aryl methyl sites for hydroxylation is 2. The molecule has 3 aromatic rings. The lowest BCUT2D eigenvalue weighted by atomic mass is 10.1. The maximum absolute atomic E-state index is 13.0. The summed E-state index contributed by atoms with van der Waals surface area (Å²) in [6.45, 7) is 4.03. The monoisotopic (exact) mass is 438 g/mol. The molecule has 28 heavy (non-hydrogen) atoms. The SMILES string of the molecule is Cc1cc(C)cc(N(CCC#N)C(=O)Cn2cnc3ccc(Br)cc3c2=O)c1. The maximum atomic E-state index is 13.0. The standard InChI is InChI=1S/C21H19BrN4O2/c1-14-8-15(2)10-17(9-14)26(7-3-6-23)20(27)12-25-13-24-19-5-4-16(22)11-18(19)21(25)28/h4-5,8-11,13H,3,7,12H2,1-2H3. The van der Waals surface area contributed by atoms with E-state index in [1.807, 2.05) is 38.1 Å². The first-order valence-corrected chi connectivity index (χ1v) is 9.58. The zero-order valence-electron chi connectivity index (χ0n) is 15.6. The molecule has 7 heteroatoms. The van der Waals surface area contributed by atoms with Gasteiger partial charge in [0.25, 0.3) is 5.56 Å². The Balaban J connectivity index is 1.96. The highest BCUT2D eigenvalue weighted by Gasteiger charge is 2.18. The van der Waals surface area contributed by atoms with Crippen LogP contribution in [0.1, 0.15) is 17.5 Å². The summed E-state index contributed by atoms with van der Waals surface area (Å²) in [5, 5.41) is 9.42. The molecule has 2 aromatic carbocycles. The quantitative estimate of drug-likeness (QED) is 0.607. The molecule has 0 aliphatic rings. The highest BCUT2D eigenvalue weighted by molar-refractivity contribution is 9.10. The van der Waals surface area contributed by atoms with Crippen molar-refractivity contribution in [2.24, 2.45) is 0 Å². The van der Waals surface area contributed by atoms with Gasteiger partial charge in [0.1, 0.15) is 6.54 Å². The van der Waals surface area contributed by atoms with Crippen LogP contribution < -0.4 is 10.5 Å². The molecule has 0 saturated carbocycles. The Kier molecular flexibility index (Phi) is 5.90. The zero-order valence-corrected chi connectivity index (χ0v) is 17.2. The van der Waals surface area contributed by atoms with Crippen molar-refractivity contribution in [2.45, 2.75) is 26.8 Å². The number of amides is 1. The molecule has 0 N–H and O–H groups in total. The van der Waals surface area contributed by atoms with Gasteiger partial charge in [-0.2, -0.15) is 5.26 Å². The predicted molar refractivity (Wildman–Crippen MR) is 112 cm³/mol. The second-order valence-corrected chi connectivity index (χ2v) is 7.55. The summed E-state index contributed by atoms with van der Waals surface area (Å²) >= 11 is 3.36. The average Bonchev–Trinajstić information content (AvgIpc) is 2.64. The highest BCUT2D eigenvalue weighted by Crippen LogP contribution is 2.20. The predicted octanol–water partition coefficient (Wildman–Crippen LogP) is 3.72. The molecule has 0 fully saturated rings. The van der Waals surface area contributed by atoms with Gasteiger partial charge in [0.2, 0.25) is 5.91 Å². The third kappa shape index (κ3) is 4.29. The van der Waals surface area contributed by atoms with E-state index < -0.39 is 0 Å². The normalized spacial score (nSPS) is 10.6. The van der Waals surface area contributed by atoms with Crippen LogP contribution in [0.15, 0.2) is 52.0 Å². The number of rotatable bonds is 5. The van der Waals surface area contributed by atoms with E-state index in [2.05, 4.69) is 27.0 Å². The molecule has 142 valence electrons. The molecule has 0 aliphatic heterocycles. The number of carbonyl (C=O) groups excluding carboxylic acids is 1. The Bertz CT molecular complexity index is 1130. The Morgan fingerprint density at radius 3 is 2.61 bits per heavy atom. The van der Waals surface area contributed by atoms with Gasteiger partial charge in [0.05, 0.1) is 29.7 Å². The van der Waals surface area contributed by atoms with Gasteiger partial charge in [0.15, 0.2) is 0 Å². The van der Waals surface area contributed by atoms with Gasteiger partial charge >= 0.3 is 0 Å². The number of nitriles is 1. The van der Waals surface area contributed by atoms with Crippen LogP contribution in [-0.2, 0) is 11.3 Å². The molecule has 3 rings (SSSR count). The topological polar surface area (TPSA) is 79.0 Å². The molecule has 6 nitrogen and oxygen atoms in total. The third-order valence-electron chi connectivity index (χ3n) is 4.36. The number of halogens is 1. The molecular formula is C21H19BrN4O2. The van der Waals surface area contributed by atoms with Gasteiger partial charge in [-0.1, -0.05) is 22.0 Å². The molecule has 0 spiro atoms. The van der Waals surface area contributed by atoms with Crippen molar-refractivity contribution in [1.82, 2.24) is 9.55 Å². The molecule has 1 aromatic heterocycles. The van der Waals surface area contributed by atoms with E-state index in [0.717, 1.165) is 21.3 Å². The summed E-state index contributed by atoms with van der Waals surface area (Å²) in [5.41, 5.74) is 3.08. The van der Waals surface area contributed by atoms with E-state index in [-0.39, 0.29) is 31.0 Å². The molecule has 0 atom stereocenters. The molecule has 0 aliphatic carbocycles. The van der Waals surface area contributed by atoms with E-state index in [9.17, 15) is 9.59 Å². The van der Waals surface area contributed by atoms with Gasteiger partial charge in [-0.05, 0) is 55.3 Å². The lowest BCUT2D eigenvalue weighted by molar-refractivity contribution is -0.119. The first kappa shape index (κ1) is 19.8. The second kappa shape index (κ2) is 8.36. The largest absolute Gasteiger partial charge is 0.310 e. The van der Waals surface area contributed by atoms with E-state index in [1.165, 1.54) is 10.9 Å². The van der Waals surface area contributed by atoms with Gasteiger partial charge in [-0.25, -0.2) is 4.98 Å². The lowest BCUT2D eigenvalue weighted by Gasteiger charge is -2.23. The minimum atomic E-state index is -0.277. The number of fused-ring (bicyclic) bond motifs is 1. The summed E-state index contributed by atoms with van der Waals surface area (Å²) < 4.78 is 2.08. The van der Waals surface area contributed by atoms with Gasteiger partial charge in [-0.15, -0.1) is 0 Å². The number of benzene rings is 2. The molecule has 1 heterocycles. The first-order chi connectivity index (χ1) is 13.4. The summed E-state index contributed by atoms with van der Waals surface area (Å²) in [6.07, 6.45) is 1.59. The fraction of sp³-hybridized carbons (Fsp3) is 0.238. The van der Waals surface area contributed by atoms with Crippen LogP contribution in [0.4, 0.5) is 5.69 Å². The average molecular weight is 439 g/mol. The van der Waals surface area contributed by atoms with Crippen molar-refractivity contribution >= 4 is 38.4 Å². The fourth-order valence-corrected chi connectivity index (χ4v) is 3.50. The molecule has 1 amide bonds. The molecule has 0 radical (unpaired) electrons. The van der Waals surface area contributed by atoms with E-state index in [1.54, 1.807) is 17.0 Å². The van der Waals surface area contributed by atoms with Gasteiger partial charge in [0, 0.05) is 16.7 Å². The van der Waals surface area contributed by atoms with Crippen molar-refractivity contribution in [3.05, 3.63) is 68.7 Å². The summed E-state index contributed by atoms with van der Waals surface area (Å²) in [7, 11) is 0. The number of carbonyl (C=O) groups is 1. The molecule has 0 bridgehead atoms. The van der Waals surface area contributed by atoms with Crippen LogP contribution in [0, 0.1) is 25.2 Å². The number of aromatic nitrogens is 2. The van der Waals surface area contributed by atoms with E-state index >= 15 is 0 Å². The number of anilines is 1. The van der Waals surface area contributed by atoms with Crippen LogP contribution >= 0.6 is 15.9 Å². The fourth-order valence-electron chi connectivity index (χ4n) is 3.14. The van der Waals surface area contributed by atoms with Gasteiger partial charge in [-0.3, -0.25) is 14.2 Å². The van der Waals surface area contributed by atoms with Crippen molar-refractivity contribution in [3.8, 4) is 6.07 Å². The molecular weight excluding hydrogens is 420 g/mol. The molecule has 0 unspecified atom stereocenters. The smallest absolute Gasteiger partial charge is 0.261 e. The Morgan fingerprint density at radius 1 is 1.21 bits per heavy atom. The van der Waals surface area contributed by atoms with Crippen LogP contribution in [-0.4, -0.2) is 22.0 Å². The number of hydrogen-bond donors (Lipinski definition) is 0. The minimum absolute atomic E-state index is 0.146. The first-order valence-electron chi connectivity index (χ1n) is 8.79. The maximum Gasteiger partial charge on any atom is 0.261 e. The number of hydrogen-bond acceptors (Lipinski definition) is 4.